The molecule has 0 saturated carbocycles. The molecule has 0 spiro atoms. The highest BCUT2D eigenvalue weighted by Crippen LogP contribution is 2.14. The smallest absolute Gasteiger partial charge is 0.234 e. The molecule has 0 bridgehead atoms. The molecular weight excluding hydrogens is 290 g/mol. The Hall–Kier alpha value is -1.59. The number of hydrogen-bond acceptors (Lipinski definition) is 3. The number of carbonyl (C=O) groups is 2. The third-order valence-electron chi connectivity index (χ3n) is 2.71. The summed E-state index contributed by atoms with van der Waals surface area (Å²) >= 11 is 6.02. The van der Waals surface area contributed by atoms with Gasteiger partial charge in [0.1, 0.15) is 0 Å². The van der Waals surface area contributed by atoms with Crippen molar-refractivity contribution in [3.05, 3.63) is 34.9 Å². The predicted molar refractivity (Wildman–Crippen MR) is 84.1 cm³/mol. The maximum absolute atomic E-state index is 11.8. The molecule has 2 amide bonds. The van der Waals surface area contributed by atoms with Gasteiger partial charge in [-0.3, -0.25) is 14.5 Å². The Kier molecular flexibility index (Phi) is 7.19. The predicted octanol–water partition coefficient (Wildman–Crippen LogP) is 1.41. The summed E-state index contributed by atoms with van der Waals surface area (Å²) in [6.07, 6.45) is 0. The standard InChI is InChI=1S/C15H22ClN3O2/c1-11(2)18-15(21)10-19(3)9-14(20)17-8-12-6-4-5-7-13(12)16/h4-7,11H,8-10H2,1-3H3,(H,17,20)(H,18,21). The van der Waals surface area contributed by atoms with Crippen LogP contribution in [-0.4, -0.2) is 42.9 Å². The minimum absolute atomic E-state index is 0.0913. The average Bonchev–Trinajstić information content (AvgIpc) is 2.36. The number of nitrogens with zero attached hydrogens (tertiary/aromatic N) is 1. The topological polar surface area (TPSA) is 61.4 Å². The molecule has 0 saturated heterocycles. The molecule has 1 aromatic carbocycles. The van der Waals surface area contributed by atoms with Gasteiger partial charge in [0.25, 0.3) is 0 Å². The second-order valence-corrected chi connectivity index (χ2v) is 5.67. The van der Waals surface area contributed by atoms with Crippen LogP contribution in [0.25, 0.3) is 0 Å². The van der Waals surface area contributed by atoms with Crippen LogP contribution in [0.1, 0.15) is 19.4 Å². The molecule has 0 aliphatic heterocycles. The summed E-state index contributed by atoms with van der Waals surface area (Å²) in [5.41, 5.74) is 0.868. The van der Waals surface area contributed by atoms with Gasteiger partial charge < -0.3 is 10.6 Å². The van der Waals surface area contributed by atoms with Crippen molar-refractivity contribution in [2.45, 2.75) is 26.4 Å². The third-order valence-corrected chi connectivity index (χ3v) is 3.08. The first kappa shape index (κ1) is 17.5. The lowest BCUT2D eigenvalue weighted by Gasteiger charge is -2.17. The highest BCUT2D eigenvalue weighted by molar-refractivity contribution is 6.31. The van der Waals surface area contributed by atoms with E-state index in [1.165, 1.54) is 0 Å². The lowest BCUT2D eigenvalue weighted by atomic mass is 10.2. The van der Waals surface area contributed by atoms with E-state index in [9.17, 15) is 9.59 Å². The number of likely N-dealkylation sites (N-methyl/N-ethyl adjacent to an activating group) is 1. The molecule has 0 radical (unpaired) electrons. The minimum atomic E-state index is -0.144. The average molecular weight is 312 g/mol. The lowest BCUT2D eigenvalue weighted by molar-refractivity contribution is -0.124. The van der Waals surface area contributed by atoms with Crippen LogP contribution in [0.3, 0.4) is 0 Å². The fourth-order valence-electron chi connectivity index (χ4n) is 1.81. The number of carbonyl (C=O) groups excluding carboxylic acids is 2. The Morgan fingerprint density at radius 2 is 1.81 bits per heavy atom. The molecule has 0 aliphatic rings. The van der Waals surface area contributed by atoms with E-state index in [1.54, 1.807) is 18.0 Å². The summed E-state index contributed by atoms with van der Waals surface area (Å²) in [7, 11) is 1.73. The van der Waals surface area contributed by atoms with Gasteiger partial charge in [0.2, 0.25) is 11.8 Å². The minimum Gasteiger partial charge on any atom is -0.353 e. The van der Waals surface area contributed by atoms with E-state index in [-0.39, 0.29) is 30.9 Å². The first-order valence-electron chi connectivity index (χ1n) is 6.86. The maximum Gasteiger partial charge on any atom is 0.234 e. The van der Waals surface area contributed by atoms with Crippen molar-refractivity contribution < 1.29 is 9.59 Å². The normalized spacial score (nSPS) is 10.8. The zero-order chi connectivity index (χ0) is 15.8. The SMILES string of the molecule is CC(C)NC(=O)CN(C)CC(=O)NCc1ccccc1Cl. The first-order chi connectivity index (χ1) is 9.88. The summed E-state index contributed by atoms with van der Waals surface area (Å²) < 4.78 is 0. The molecule has 0 aliphatic carbocycles. The van der Waals surface area contributed by atoms with Crippen LogP contribution < -0.4 is 10.6 Å². The van der Waals surface area contributed by atoms with Gasteiger partial charge in [-0.2, -0.15) is 0 Å². The molecule has 1 aromatic rings. The summed E-state index contributed by atoms with van der Waals surface area (Å²) in [5, 5.41) is 6.20. The Labute approximate surface area is 130 Å². The second kappa shape index (κ2) is 8.64. The largest absolute Gasteiger partial charge is 0.353 e. The zero-order valence-corrected chi connectivity index (χ0v) is 13.4. The number of rotatable bonds is 7. The summed E-state index contributed by atoms with van der Waals surface area (Å²) in [6, 6.07) is 7.46. The Morgan fingerprint density at radius 3 is 2.43 bits per heavy atom. The fraction of sp³-hybridized carbons (Fsp3) is 0.467. The number of nitrogens with one attached hydrogen (secondary N) is 2. The molecule has 0 atom stereocenters. The van der Waals surface area contributed by atoms with Gasteiger partial charge in [-0.25, -0.2) is 0 Å². The fourth-order valence-corrected chi connectivity index (χ4v) is 2.01. The van der Waals surface area contributed by atoms with Crippen molar-refractivity contribution in [2.75, 3.05) is 20.1 Å². The van der Waals surface area contributed by atoms with Gasteiger partial charge in [0.15, 0.2) is 0 Å². The van der Waals surface area contributed by atoms with Crippen LogP contribution in [0.15, 0.2) is 24.3 Å². The summed E-state index contributed by atoms with van der Waals surface area (Å²) in [6.45, 7) is 4.53. The van der Waals surface area contributed by atoms with Crippen molar-refractivity contribution >= 4 is 23.4 Å². The van der Waals surface area contributed by atoms with Crippen LogP contribution in [0.4, 0.5) is 0 Å². The van der Waals surface area contributed by atoms with E-state index in [0.717, 1.165) is 5.56 Å². The molecule has 21 heavy (non-hydrogen) atoms. The molecule has 5 nitrogen and oxygen atoms in total. The number of benzene rings is 1. The van der Waals surface area contributed by atoms with Crippen molar-refractivity contribution in [3.8, 4) is 0 Å². The molecule has 0 unspecified atom stereocenters. The molecule has 0 aromatic heterocycles. The van der Waals surface area contributed by atoms with Crippen LogP contribution in [0.5, 0.6) is 0 Å². The van der Waals surface area contributed by atoms with Gasteiger partial charge in [-0.1, -0.05) is 29.8 Å². The second-order valence-electron chi connectivity index (χ2n) is 5.26. The maximum atomic E-state index is 11.8. The molecule has 6 heteroatoms. The Balaban J connectivity index is 2.33. The van der Waals surface area contributed by atoms with E-state index in [1.807, 2.05) is 32.0 Å². The van der Waals surface area contributed by atoms with Crippen molar-refractivity contribution in [2.24, 2.45) is 0 Å². The molecule has 1 rings (SSSR count). The summed E-state index contributed by atoms with van der Waals surface area (Å²) in [5.74, 6) is -0.235. The van der Waals surface area contributed by atoms with Crippen molar-refractivity contribution in [1.82, 2.24) is 15.5 Å². The zero-order valence-electron chi connectivity index (χ0n) is 12.6. The van der Waals surface area contributed by atoms with Crippen LogP contribution in [0.2, 0.25) is 5.02 Å². The number of hydrogen-bond donors (Lipinski definition) is 2. The van der Waals surface area contributed by atoms with E-state index < -0.39 is 0 Å². The molecule has 2 N–H and O–H groups in total. The van der Waals surface area contributed by atoms with Crippen molar-refractivity contribution in [3.63, 3.8) is 0 Å². The number of halogens is 1. The molecule has 0 heterocycles. The lowest BCUT2D eigenvalue weighted by Crippen LogP contribution is -2.42. The van der Waals surface area contributed by atoms with Crippen molar-refractivity contribution in [1.29, 1.82) is 0 Å². The highest BCUT2D eigenvalue weighted by atomic mass is 35.5. The van der Waals surface area contributed by atoms with Crippen LogP contribution in [0, 0.1) is 0 Å². The van der Waals surface area contributed by atoms with Gasteiger partial charge >= 0.3 is 0 Å². The van der Waals surface area contributed by atoms with E-state index in [4.69, 9.17) is 11.6 Å². The Bertz CT molecular complexity index is 492. The van der Waals surface area contributed by atoms with Gasteiger partial charge in [0, 0.05) is 17.6 Å². The van der Waals surface area contributed by atoms with Crippen LogP contribution >= 0.6 is 11.6 Å². The van der Waals surface area contributed by atoms with Gasteiger partial charge in [0.05, 0.1) is 13.1 Å². The first-order valence-corrected chi connectivity index (χ1v) is 7.24. The third kappa shape index (κ3) is 7.11. The molecular formula is C15H22ClN3O2. The van der Waals surface area contributed by atoms with Gasteiger partial charge in [-0.15, -0.1) is 0 Å². The highest BCUT2D eigenvalue weighted by Gasteiger charge is 2.11. The monoisotopic (exact) mass is 311 g/mol. The van der Waals surface area contributed by atoms with E-state index in [0.29, 0.717) is 11.6 Å². The quantitative estimate of drug-likeness (QED) is 0.800. The Morgan fingerprint density at radius 1 is 1.19 bits per heavy atom. The van der Waals surface area contributed by atoms with Gasteiger partial charge in [-0.05, 0) is 32.5 Å². The van der Waals surface area contributed by atoms with E-state index in [2.05, 4.69) is 10.6 Å². The molecule has 116 valence electrons. The number of amides is 2. The molecule has 0 fully saturated rings. The summed E-state index contributed by atoms with van der Waals surface area (Å²) in [4.78, 5) is 25.0. The van der Waals surface area contributed by atoms with E-state index >= 15 is 0 Å². The van der Waals surface area contributed by atoms with Crippen LogP contribution in [-0.2, 0) is 16.1 Å².